The molecule has 1 aliphatic heterocycles. The number of likely N-dealkylation sites (tertiary alicyclic amines) is 1. The van der Waals surface area contributed by atoms with Crippen molar-refractivity contribution < 1.29 is 9.59 Å². The van der Waals surface area contributed by atoms with Crippen molar-refractivity contribution in [2.45, 2.75) is 25.4 Å². The molecule has 3 amide bonds. The van der Waals surface area contributed by atoms with Gasteiger partial charge in [0.2, 0.25) is 5.91 Å². The van der Waals surface area contributed by atoms with E-state index in [2.05, 4.69) is 10.6 Å². The third-order valence-electron chi connectivity index (χ3n) is 5.03. The molecule has 0 aromatic heterocycles. The number of nitrogens with two attached hydrogens (primary N) is 1. The number of halogens is 1. The smallest absolute Gasteiger partial charge is 0.315 e. The highest BCUT2D eigenvalue weighted by Gasteiger charge is 2.42. The molecule has 2 aliphatic rings. The van der Waals surface area contributed by atoms with Crippen molar-refractivity contribution in [3.63, 3.8) is 0 Å². The van der Waals surface area contributed by atoms with Crippen molar-refractivity contribution >= 4 is 23.5 Å². The molecule has 24 heavy (non-hydrogen) atoms. The first kappa shape index (κ1) is 17.0. The largest absolute Gasteiger partial charge is 0.341 e. The molecule has 3 rings (SSSR count). The number of fused-ring (bicyclic) bond motifs is 1. The average molecular weight is 351 g/mol. The lowest BCUT2D eigenvalue weighted by Crippen LogP contribution is -2.43. The number of nitrogens with zero attached hydrogens (tertiary/aromatic N) is 1. The Balaban J connectivity index is 1.38. The topological polar surface area (TPSA) is 87.5 Å². The molecular weight excluding hydrogens is 328 g/mol. The van der Waals surface area contributed by atoms with E-state index in [0.717, 1.165) is 31.5 Å². The van der Waals surface area contributed by atoms with Gasteiger partial charge in [0.15, 0.2) is 0 Å². The normalized spacial score (nSPS) is 25.4. The van der Waals surface area contributed by atoms with E-state index in [9.17, 15) is 9.59 Å². The van der Waals surface area contributed by atoms with Crippen LogP contribution in [0.25, 0.3) is 0 Å². The SMILES string of the molecule is NC1CCC2CN(C(=O)CNC(=O)NCc3ccc(Cl)cc3)CC12. The van der Waals surface area contributed by atoms with Crippen LogP contribution < -0.4 is 16.4 Å². The summed E-state index contributed by atoms with van der Waals surface area (Å²) in [6.45, 7) is 1.89. The number of carbonyl (C=O) groups is 2. The van der Waals surface area contributed by atoms with Crippen LogP contribution in [0, 0.1) is 11.8 Å². The first-order valence-corrected chi connectivity index (χ1v) is 8.70. The van der Waals surface area contributed by atoms with Gasteiger partial charge < -0.3 is 21.3 Å². The Labute approximate surface area is 146 Å². The lowest BCUT2D eigenvalue weighted by molar-refractivity contribution is -0.129. The van der Waals surface area contributed by atoms with Gasteiger partial charge in [0.05, 0.1) is 6.54 Å². The van der Waals surface area contributed by atoms with E-state index in [1.165, 1.54) is 0 Å². The van der Waals surface area contributed by atoms with Crippen molar-refractivity contribution in [1.29, 1.82) is 0 Å². The lowest BCUT2D eigenvalue weighted by atomic mass is 9.98. The number of benzene rings is 1. The molecule has 130 valence electrons. The van der Waals surface area contributed by atoms with E-state index in [1.807, 2.05) is 17.0 Å². The van der Waals surface area contributed by atoms with Crippen LogP contribution in [0.2, 0.25) is 5.02 Å². The summed E-state index contributed by atoms with van der Waals surface area (Å²) in [6, 6.07) is 7.10. The summed E-state index contributed by atoms with van der Waals surface area (Å²) in [5, 5.41) is 6.00. The van der Waals surface area contributed by atoms with Crippen LogP contribution >= 0.6 is 11.6 Å². The molecule has 4 N–H and O–H groups in total. The summed E-state index contributed by atoms with van der Waals surface area (Å²) in [6.07, 6.45) is 2.16. The first-order chi connectivity index (χ1) is 11.5. The second-order valence-electron chi connectivity index (χ2n) is 6.63. The molecule has 1 heterocycles. The number of nitrogens with one attached hydrogen (secondary N) is 2. The van der Waals surface area contributed by atoms with E-state index >= 15 is 0 Å². The minimum absolute atomic E-state index is 0.0150. The highest BCUT2D eigenvalue weighted by Crippen LogP contribution is 2.36. The van der Waals surface area contributed by atoms with Crippen LogP contribution in [0.15, 0.2) is 24.3 Å². The van der Waals surface area contributed by atoms with Gasteiger partial charge in [-0.15, -0.1) is 0 Å². The second-order valence-corrected chi connectivity index (χ2v) is 7.06. The quantitative estimate of drug-likeness (QED) is 0.765. The van der Waals surface area contributed by atoms with Gasteiger partial charge in [-0.1, -0.05) is 23.7 Å². The number of urea groups is 1. The summed E-state index contributed by atoms with van der Waals surface area (Å²) in [4.78, 5) is 25.9. The zero-order chi connectivity index (χ0) is 17.1. The molecule has 0 bridgehead atoms. The van der Waals surface area contributed by atoms with Crippen molar-refractivity contribution in [1.82, 2.24) is 15.5 Å². The maximum Gasteiger partial charge on any atom is 0.315 e. The van der Waals surface area contributed by atoms with E-state index in [4.69, 9.17) is 17.3 Å². The number of hydrogen-bond donors (Lipinski definition) is 3. The number of amides is 3. The first-order valence-electron chi connectivity index (χ1n) is 8.32. The van der Waals surface area contributed by atoms with Crippen LogP contribution in [-0.4, -0.2) is 42.5 Å². The number of hydrogen-bond acceptors (Lipinski definition) is 3. The average Bonchev–Trinajstić information content (AvgIpc) is 3.14. The molecule has 7 heteroatoms. The van der Waals surface area contributed by atoms with Crippen LogP contribution in [0.3, 0.4) is 0 Å². The van der Waals surface area contributed by atoms with Gasteiger partial charge in [-0.25, -0.2) is 4.79 Å². The summed E-state index contributed by atoms with van der Waals surface area (Å²) < 4.78 is 0. The van der Waals surface area contributed by atoms with Crippen LogP contribution in [-0.2, 0) is 11.3 Å². The van der Waals surface area contributed by atoms with Gasteiger partial charge >= 0.3 is 6.03 Å². The lowest BCUT2D eigenvalue weighted by Gasteiger charge is -2.19. The molecule has 2 fully saturated rings. The maximum atomic E-state index is 12.2. The van der Waals surface area contributed by atoms with Gasteiger partial charge in [0.25, 0.3) is 0 Å². The Morgan fingerprint density at radius 2 is 1.92 bits per heavy atom. The fourth-order valence-corrected chi connectivity index (χ4v) is 3.75. The molecule has 3 unspecified atom stereocenters. The number of rotatable bonds is 4. The summed E-state index contributed by atoms with van der Waals surface area (Å²) in [5.41, 5.74) is 7.03. The van der Waals surface area contributed by atoms with E-state index < -0.39 is 0 Å². The van der Waals surface area contributed by atoms with E-state index in [0.29, 0.717) is 23.4 Å². The Morgan fingerprint density at radius 1 is 1.17 bits per heavy atom. The van der Waals surface area contributed by atoms with Crippen molar-refractivity contribution in [3.05, 3.63) is 34.9 Å². The van der Waals surface area contributed by atoms with Crippen molar-refractivity contribution in [3.8, 4) is 0 Å². The van der Waals surface area contributed by atoms with Crippen LogP contribution in [0.1, 0.15) is 18.4 Å². The molecule has 1 aromatic rings. The molecule has 1 saturated heterocycles. The molecule has 1 aliphatic carbocycles. The van der Waals surface area contributed by atoms with Gasteiger partial charge in [-0.2, -0.15) is 0 Å². The fourth-order valence-electron chi connectivity index (χ4n) is 3.63. The minimum atomic E-state index is -0.352. The zero-order valence-electron chi connectivity index (χ0n) is 13.5. The Kier molecular flexibility index (Phi) is 5.26. The second kappa shape index (κ2) is 7.40. The van der Waals surface area contributed by atoms with E-state index in [-0.39, 0.29) is 24.5 Å². The molecule has 6 nitrogen and oxygen atoms in total. The van der Waals surface area contributed by atoms with Crippen LogP contribution in [0.4, 0.5) is 4.79 Å². The molecule has 1 saturated carbocycles. The summed E-state index contributed by atoms with van der Waals surface area (Å²) >= 11 is 5.82. The van der Waals surface area contributed by atoms with Crippen molar-refractivity contribution in [2.24, 2.45) is 17.6 Å². The molecule has 1 aromatic carbocycles. The summed E-state index contributed by atoms with van der Waals surface area (Å²) in [5.74, 6) is 0.911. The van der Waals surface area contributed by atoms with Crippen molar-refractivity contribution in [2.75, 3.05) is 19.6 Å². The van der Waals surface area contributed by atoms with Gasteiger partial charge in [-0.05, 0) is 42.4 Å². The standard InChI is InChI=1S/C17H23ClN4O2/c18-13-4-1-11(2-5-13)7-20-17(24)21-8-16(23)22-9-12-3-6-15(19)14(12)10-22/h1-2,4-5,12,14-15H,3,6-10,19H2,(H2,20,21,24). The fraction of sp³-hybridized carbons (Fsp3) is 0.529. The zero-order valence-corrected chi connectivity index (χ0v) is 14.3. The van der Waals surface area contributed by atoms with Gasteiger partial charge in [0.1, 0.15) is 0 Å². The molecule has 0 spiro atoms. The highest BCUT2D eigenvalue weighted by molar-refractivity contribution is 6.30. The van der Waals surface area contributed by atoms with Crippen LogP contribution in [0.5, 0.6) is 0 Å². The summed E-state index contributed by atoms with van der Waals surface area (Å²) in [7, 11) is 0. The number of carbonyl (C=O) groups excluding carboxylic acids is 2. The molecule has 3 atom stereocenters. The Hall–Kier alpha value is -1.79. The predicted molar refractivity (Wildman–Crippen MR) is 92.5 cm³/mol. The monoisotopic (exact) mass is 350 g/mol. The van der Waals surface area contributed by atoms with Gasteiger partial charge in [0, 0.05) is 30.7 Å². The Bertz CT molecular complexity index is 607. The molecule has 0 radical (unpaired) electrons. The predicted octanol–water partition coefficient (Wildman–Crippen LogP) is 1.33. The van der Waals surface area contributed by atoms with Gasteiger partial charge in [-0.3, -0.25) is 4.79 Å². The third kappa shape index (κ3) is 3.99. The maximum absolute atomic E-state index is 12.2. The third-order valence-corrected chi connectivity index (χ3v) is 5.28. The molecular formula is C17H23ClN4O2. The Morgan fingerprint density at radius 3 is 2.62 bits per heavy atom. The highest BCUT2D eigenvalue weighted by atomic mass is 35.5. The van der Waals surface area contributed by atoms with E-state index in [1.54, 1.807) is 12.1 Å². The minimum Gasteiger partial charge on any atom is -0.341 e.